The van der Waals surface area contributed by atoms with Gasteiger partial charge in [0, 0.05) is 12.1 Å². The van der Waals surface area contributed by atoms with Crippen molar-refractivity contribution >= 4 is 29.0 Å². The lowest BCUT2D eigenvalue weighted by Gasteiger charge is -2.33. The molecule has 192 valence electrons. The van der Waals surface area contributed by atoms with Gasteiger partial charge in [-0.2, -0.15) is 18.3 Å². The number of nitrogens with zero attached hydrogens (tertiary/aromatic N) is 2. The largest absolute Gasteiger partial charge is 0.493 e. The van der Waals surface area contributed by atoms with Crippen LogP contribution < -0.4 is 20.1 Å². The van der Waals surface area contributed by atoms with Gasteiger partial charge in [0.1, 0.15) is 10.8 Å². The molecule has 2 heterocycles. The van der Waals surface area contributed by atoms with Crippen molar-refractivity contribution in [1.29, 1.82) is 0 Å². The maximum atomic E-state index is 14.1. The molecule has 12 heteroatoms. The highest BCUT2D eigenvalue weighted by molar-refractivity contribution is 6.36. The number of carbonyl (C=O) groups excluding carboxylic acids is 1. The van der Waals surface area contributed by atoms with Crippen LogP contribution in [0.1, 0.15) is 53.1 Å². The van der Waals surface area contributed by atoms with Crippen LogP contribution in [0.5, 0.6) is 11.5 Å². The van der Waals surface area contributed by atoms with E-state index in [1.54, 1.807) is 49.4 Å². The Bertz CT molecular complexity index is 1260. The predicted molar refractivity (Wildman–Crippen MR) is 128 cm³/mol. The molecule has 3 N–H and O–H groups in total. The molecule has 1 aromatic heterocycles. The number of aromatic nitrogens is 2. The lowest BCUT2D eigenvalue weighted by atomic mass is 9.96. The lowest BCUT2D eigenvalue weighted by molar-refractivity contribution is -0.173. The van der Waals surface area contributed by atoms with Gasteiger partial charge in [0.25, 0.3) is 5.91 Å². The second-order valence-corrected chi connectivity index (χ2v) is 8.69. The molecule has 8 nitrogen and oxygen atoms in total. The van der Waals surface area contributed by atoms with E-state index in [1.807, 2.05) is 0 Å². The van der Waals surface area contributed by atoms with E-state index in [1.165, 1.54) is 14.2 Å². The van der Waals surface area contributed by atoms with Crippen molar-refractivity contribution in [2.45, 2.75) is 37.7 Å². The molecule has 0 unspecified atom stereocenters. The van der Waals surface area contributed by atoms with Crippen LogP contribution in [-0.4, -0.2) is 41.2 Å². The van der Waals surface area contributed by atoms with Crippen molar-refractivity contribution in [3.8, 4) is 11.5 Å². The number of carbonyl (C=O) groups is 1. The molecule has 1 aliphatic rings. The van der Waals surface area contributed by atoms with Gasteiger partial charge >= 0.3 is 6.18 Å². The van der Waals surface area contributed by atoms with Crippen LogP contribution in [0.15, 0.2) is 42.5 Å². The van der Waals surface area contributed by atoms with E-state index in [-0.39, 0.29) is 23.0 Å². The predicted octanol–water partition coefficient (Wildman–Crippen LogP) is 5.52. The fraction of sp³-hybridized carbons (Fsp3) is 0.333. The van der Waals surface area contributed by atoms with Crippen molar-refractivity contribution < 1.29 is 32.5 Å². The second-order valence-electron chi connectivity index (χ2n) is 8.31. The maximum Gasteiger partial charge on any atom is 0.410 e. The minimum atomic E-state index is -4.65. The fourth-order valence-corrected chi connectivity index (χ4v) is 4.32. The fourth-order valence-electron chi connectivity index (χ4n) is 4.06. The van der Waals surface area contributed by atoms with Gasteiger partial charge in [0.2, 0.25) is 0 Å². The van der Waals surface area contributed by atoms with Gasteiger partial charge in [-0.3, -0.25) is 4.79 Å². The highest BCUT2D eigenvalue weighted by atomic mass is 35.5. The quantitative estimate of drug-likeness (QED) is 0.393. The van der Waals surface area contributed by atoms with Crippen molar-refractivity contribution in [2.75, 3.05) is 24.9 Å². The third kappa shape index (κ3) is 4.93. The van der Waals surface area contributed by atoms with E-state index < -0.39 is 30.3 Å². The number of ether oxygens (including phenoxy) is 2. The van der Waals surface area contributed by atoms with E-state index in [2.05, 4.69) is 15.7 Å². The van der Waals surface area contributed by atoms with Crippen LogP contribution in [0.2, 0.25) is 5.02 Å². The number of fused-ring (bicyclic) bond motifs is 1. The Hall–Kier alpha value is -3.44. The van der Waals surface area contributed by atoms with E-state index in [4.69, 9.17) is 21.1 Å². The smallest absolute Gasteiger partial charge is 0.410 e. The van der Waals surface area contributed by atoms with E-state index in [0.717, 1.165) is 0 Å². The highest BCUT2D eigenvalue weighted by Crippen LogP contribution is 2.47. The molecule has 4 rings (SSSR count). The molecule has 0 radical (unpaired) electrons. The first-order valence-corrected chi connectivity index (χ1v) is 11.3. The first-order chi connectivity index (χ1) is 17.0. The van der Waals surface area contributed by atoms with Gasteiger partial charge in [0.15, 0.2) is 23.2 Å². The summed E-state index contributed by atoms with van der Waals surface area (Å²) in [6.45, 7) is 1.60. The van der Waals surface area contributed by atoms with Gasteiger partial charge in [-0.1, -0.05) is 29.8 Å². The van der Waals surface area contributed by atoms with Gasteiger partial charge in [0.05, 0.1) is 26.4 Å². The van der Waals surface area contributed by atoms with E-state index >= 15 is 0 Å². The van der Waals surface area contributed by atoms with Crippen molar-refractivity contribution in [1.82, 2.24) is 9.78 Å². The highest BCUT2D eigenvalue weighted by Gasteiger charge is 2.48. The molecular weight excluding hydrogens is 501 g/mol. The zero-order valence-electron chi connectivity index (χ0n) is 19.6. The number of anilines is 2. The zero-order valence-corrected chi connectivity index (χ0v) is 20.3. The zero-order chi connectivity index (χ0) is 26.2. The molecule has 0 fully saturated rings. The first-order valence-electron chi connectivity index (χ1n) is 11.0. The van der Waals surface area contributed by atoms with Gasteiger partial charge in [-0.05, 0) is 42.3 Å². The molecule has 3 atom stereocenters. The molecule has 0 saturated heterocycles. The number of methoxy groups -OCH3 is 2. The van der Waals surface area contributed by atoms with Crippen LogP contribution in [0.4, 0.5) is 24.7 Å². The Labute approximate surface area is 210 Å². The molecule has 36 heavy (non-hydrogen) atoms. The Morgan fingerprint density at radius 3 is 2.44 bits per heavy atom. The third-order valence-electron chi connectivity index (χ3n) is 5.97. The van der Waals surface area contributed by atoms with Crippen molar-refractivity contribution in [3.63, 3.8) is 0 Å². The molecule has 0 bridgehead atoms. The number of rotatable bonds is 6. The number of aliphatic hydroxyl groups excluding tert-OH is 1. The Kier molecular flexibility index (Phi) is 7.05. The number of benzene rings is 2. The van der Waals surface area contributed by atoms with Crippen LogP contribution >= 0.6 is 11.6 Å². The van der Waals surface area contributed by atoms with Crippen LogP contribution in [0, 0.1) is 0 Å². The summed E-state index contributed by atoms with van der Waals surface area (Å²) in [5.74, 6) is -0.0723. The minimum Gasteiger partial charge on any atom is -0.493 e. The Morgan fingerprint density at radius 1 is 1.19 bits per heavy atom. The number of hydrogen-bond acceptors (Lipinski definition) is 6. The molecule has 1 aliphatic heterocycles. The van der Waals surface area contributed by atoms with Crippen LogP contribution in [0.3, 0.4) is 0 Å². The molecular formula is C24H24ClF3N4O4. The summed E-state index contributed by atoms with van der Waals surface area (Å²) in [6, 6.07) is 8.39. The summed E-state index contributed by atoms with van der Waals surface area (Å²) in [5.41, 5.74) is 1.19. The summed E-state index contributed by atoms with van der Waals surface area (Å²) in [6.07, 6.45) is -5.72. The average Bonchev–Trinajstić information content (AvgIpc) is 3.19. The number of aliphatic hydroxyl groups is 1. The number of nitrogens with one attached hydrogen (secondary N) is 2. The normalized spacial score (nSPS) is 18.1. The molecule has 1 amide bonds. The monoisotopic (exact) mass is 524 g/mol. The molecule has 0 saturated carbocycles. The topological polar surface area (TPSA) is 97.6 Å². The Balaban J connectivity index is 1.66. The van der Waals surface area contributed by atoms with Crippen molar-refractivity contribution in [3.05, 3.63) is 64.3 Å². The van der Waals surface area contributed by atoms with E-state index in [9.17, 15) is 23.1 Å². The lowest BCUT2D eigenvalue weighted by Crippen LogP contribution is -2.35. The summed E-state index contributed by atoms with van der Waals surface area (Å²) in [7, 11) is 2.89. The number of amides is 1. The summed E-state index contributed by atoms with van der Waals surface area (Å²) in [4.78, 5) is 12.9. The van der Waals surface area contributed by atoms with Gasteiger partial charge < -0.3 is 25.2 Å². The number of hydrogen-bond donors (Lipinski definition) is 3. The molecule has 0 aliphatic carbocycles. The van der Waals surface area contributed by atoms with Gasteiger partial charge in [-0.25, -0.2) is 4.68 Å². The molecule has 0 spiro atoms. The average molecular weight is 525 g/mol. The summed E-state index contributed by atoms with van der Waals surface area (Å²) in [5, 5.41) is 18.9. The third-order valence-corrected chi connectivity index (χ3v) is 6.33. The van der Waals surface area contributed by atoms with Crippen molar-refractivity contribution in [2.24, 2.45) is 0 Å². The second kappa shape index (κ2) is 9.90. The van der Waals surface area contributed by atoms with Crippen LogP contribution in [0.25, 0.3) is 0 Å². The van der Waals surface area contributed by atoms with E-state index in [0.29, 0.717) is 33.0 Å². The standard InChI is InChI=1S/C24H24ClF3N4O4/c1-12(33)13-4-7-15(8-5-13)29-23(34)21-20(25)22-30-16(11-19(24(26,27)28)32(22)31-21)14-6-9-17(35-2)18(10-14)36-3/h4-10,12,16,19,30,33H,11H2,1-3H3,(H,29,34)/t12-,16+,19-/m1/s1. The van der Waals surface area contributed by atoms with Crippen LogP contribution in [-0.2, 0) is 0 Å². The molecule has 3 aromatic rings. The SMILES string of the molecule is COc1ccc([C@@H]2C[C@H](C(F)(F)F)n3nc(C(=O)Nc4ccc([C@@H](C)O)cc4)c(Cl)c3N2)cc1OC. The minimum absolute atomic E-state index is 0.111. The summed E-state index contributed by atoms with van der Waals surface area (Å²) >= 11 is 6.39. The number of alkyl halides is 3. The number of halogens is 4. The maximum absolute atomic E-state index is 14.1. The first kappa shape index (κ1) is 25.6. The van der Waals surface area contributed by atoms with Gasteiger partial charge in [-0.15, -0.1) is 0 Å². The summed E-state index contributed by atoms with van der Waals surface area (Å²) < 4.78 is 53.4. The molecule has 2 aromatic carbocycles. The Morgan fingerprint density at radius 2 is 1.86 bits per heavy atom.